The summed E-state index contributed by atoms with van der Waals surface area (Å²) in [5.74, 6) is -1.82. The molecule has 17 heavy (non-hydrogen) atoms. The van der Waals surface area contributed by atoms with Crippen LogP contribution in [0.15, 0.2) is 18.3 Å². The smallest absolute Gasteiger partial charge is 0.184 e. The van der Waals surface area contributed by atoms with E-state index in [1.807, 2.05) is 0 Å². The summed E-state index contributed by atoms with van der Waals surface area (Å²) < 4.78 is 29.2. The normalized spacial score (nSPS) is 20.3. The monoisotopic (exact) mass is 256 g/mol. The van der Waals surface area contributed by atoms with Gasteiger partial charge in [0.15, 0.2) is 11.6 Å². The number of rotatable bonds is 1. The molecule has 1 N–H and O–H groups in total. The Balaban J connectivity index is 2.23. The van der Waals surface area contributed by atoms with Gasteiger partial charge in [-0.1, -0.05) is 11.6 Å². The summed E-state index contributed by atoms with van der Waals surface area (Å²) in [6.45, 7) is 1.69. The molecule has 1 atom stereocenters. The van der Waals surface area contributed by atoms with Gasteiger partial charge in [0.1, 0.15) is 0 Å². The third-order valence-electron chi connectivity index (χ3n) is 3.27. The van der Waals surface area contributed by atoms with Crippen molar-refractivity contribution in [2.45, 2.75) is 12.5 Å². The van der Waals surface area contributed by atoms with Crippen LogP contribution in [0.2, 0.25) is 5.02 Å². The van der Waals surface area contributed by atoms with Crippen molar-refractivity contribution in [3.05, 3.63) is 35.0 Å². The largest absolute Gasteiger partial charge is 0.341 e. The van der Waals surface area contributed by atoms with Crippen molar-refractivity contribution >= 4 is 22.5 Å². The van der Waals surface area contributed by atoms with Crippen LogP contribution in [0.25, 0.3) is 10.9 Å². The zero-order valence-electron chi connectivity index (χ0n) is 9.01. The van der Waals surface area contributed by atoms with Gasteiger partial charge in [-0.05, 0) is 25.1 Å². The van der Waals surface area contributed by atoms with Gasteiger partial charge >= 0.3 is 0 Å². The molecule has 0 amide bonds. The van der Waals surface area contributed by atoms with E-state index in [-0.39, 0.29) is 11.1 Å². The van der Waals surface area contributed by atoms with E-state index < -0.39 is 11.6 Å². The first-order chi connectivity index (χ1) is 8.18. The van der Waals surface area contributed by atoms with Gasteiger partial charge in [0, 0.05) is 24.2 Å². The van der Waals surface area contributed by atoms with E-state index in [0.717, 1.165) is 19.5 Å². The average Bonchev–Trinajstić information content (AvgIpc) is 2.93. The van der Waals surface area contributed by atoms with Crippen LogP contribution < -0.4 is 5.32 Å². The van der Waals surface area contributed by atoms with Crippen molar-refractivity contribution in [1.29, 1.82) is 0 Å². The molecule has 0 saturated carbocycles. The third kappa shape index (κ3) is 1.63. The van der Waals surface area contributed by atoms with Gasteiger partial charge in [0.05, 0.1) is 10.5 Å². The molecule has 0 bridgehead atoms. The molecule has 0 unspecified atom stereocenters. The van der Waals surface area contributed by atoms with Gasteiger partial charge in [-0.25, -0.2) is 8.78 Å². The van der Waals surface area contributed by atoms with Gasteiger partial charge in [-0.15, -0.1) is 0 Å². The number of nitrogens with zero attached hydrogens (tertiary/aromatic N) is 1. The fourth-order valence-corrected chi connectivity index (χ4v) is 2.61. The summed E-state index contributed by atoms with van der Waals surface area (Å²) in [5.41, 5.74) is 0.306. The summed E-state index contributed by atoms with van der Waals surface area (Å²) in [7, 11) is 0. The molecule has 0 spiro atoms. The van der Waals surface area contributed by atoms with E-state index >= 15 is 0 Å². The van der Waals surface area contributed by atoms with Crippen LogP contribution in [0.4, 0.5) is 8.78 Å². The lowest BCUT2D eigenvalue weighted by molar-refractivity contribution is 0.501. The molecule has 2 nitrogen and oxygen atoms in total. The molecule has 1 aromatic heterocycles. The van der Waals surface area contributed by atoms with Gasteiger partial charge < -0.3 is 9.88 Å². The molecule has 2 heterocycles. The second-order valence-electron chi connectivity index (χ2n) is 4.29. The zero-order chi connectivity index (χ0) is 12.0. The molecule has 90 valence electrons. The number of benzene rings is 1. The lowest BCUT2D eigenvalue weighted by atomic mass is 10.2. The van der Waals surface area contributed by atoms with E-state index in [1.165, 1.54) is 6.07 Å². The molecule has 1 aliphatic heterocycles. The Hall–Kier alpha value is -1.13. The highest BCUT2D eigenvalue weighted by molar-refractivity contribution is 6.31. The topological polar surface area (TPSA) is 17.0 Å². The Kier molecular flexibility index (Phi) is 2.56. The first-order valence-corrected chi connectivity index (χ1v) is 5.91. The maximum absolute atomic E-state index is 13.9. The number of hydrogen-bond acceptors (Lipinski definition) is 1. The molecule has 0 aliphatic carbocycles. The minimum atomic E-state index is -0.968. The summed E-state index contributed by atoms with van der Waals surface area (Å²) in [5, 5.41) is 3.68. The quantitative estimate of drug-likeness (QED) is 0.776. The van der Waals surface area contributed by atoms with Crippen molar-refractivity contribution in [3.8, 4) is 0 Å². The average molecular weight is 257 g/mol. The fraction of sp³-hybridized carbons (Fsp3) is 0.333. The van der Waals surface area contributed by atoms with E-state index in [2.05, 4.69) is 5.32 Å². The van der Waals surface area contributed by atoms with Crippen LogP contribution in [0, 0.1) is 11.6 Å². The van der Waals surface area contributed by atoms with Crippen molar-refractivity contribution in [2.75, 3.05) is 13.1 Å². The van der Waals surface area contributed by atoms with E-state index in [0.29, 0.717) is 10.9 Å². The number of nitrogens with one attached hydrogen (secondary N) is 1. The van der Waals surface area contributed by atoms with Crippen molar-refractivity contribution in [1.82, 2.24) is 9.88 Å². The predicted molar refractivity (Wildman–Crippen MR) is 63.4 cm³/mol. The highest BCUT2D eigenvalue weighted by Gasteiger charge is 2.22. The highest BCUT2D eigenvalue weighted by atomic mass is 35.5. The maximum atomic E-state index is 13.9. The Morgan fingerprint density at radius 3 is 2.88 bits per heavy atom. The molecular formula is C12H11ClF2N2. The Labute approximate surface area is 102 Å². The number of fused-ring (bicyclic) bond motifs is 1. The summed E-state index contributed by atoms with van der Waals surface area (Å²) >= 11 is 5.63. The summed E-state index contributed by atoms with van der Waals surface area (Å²) in [6, 6.07) is 3.42. The minimum Gasteiger partial charge on any atom is -0.341 e. The van der Waals surface area contributed by atoms with E-state index in [1.54, 1.807) is 16.8 Å². The molecule has 1 fully saturated rings. The van der Waals surface area contributed by atoms with Crippen molar-refractivity contribution < 1.29 is 8.78 Å². The standard InChI is InChI=1S/C12H11ClF2N2/c13-9-5-7-2-4-17(8-1-3-16-6-8)12(7)11(15)10(9)14/h2,4-5,8,16H,1,3,6H2/t8-/m0/s1. The van der Waals surface area contributed by atoms with Crippen LogP contribution in [-0.2, 0) is 0 Å². The Morgan fingerprint density at radius 2 is 2.18 bits per heavy atom. The van der Waals surface area contributed by atoms with Gasteiger partial charge in [-0.2, -0.15) is 0 Å². The molecule has 5 heteroatoms. The summed E-state index contributed by atoms with van der Waals surface area (Å²) in [4.78, 5) is 0. The lowest BCUT2D eigenvalue weighted by Gasteiger charge is -2.13. The SMILES string of the molecule is Fc1c(Cl)cc2ccn([C@H]3CCNC3)c2c1F. The molecule has 2 aromatic rings. The second-order valence-corrected chi connectivity index (χ2v) is 4.70. The molecule has 1 aliphatic rings. The van der Waals surface area contributed by atoms with Crippen molar-refractivity contribution in [3.63, 3.8) is 0 Å². The first kappa shape index (κ1) is 11.0. The number of hydrogen-bond donors (Lipinski definition) is 1. The number of halogens is 3. The Morgan fingerprint density at radius 1 is 1.35 bits per heavy atom. The second kappa shape index (κ2) is 3.96. The Bertz CT molecular complexity index is 573. The van der Waals surface area contributed by atoms with Crippen LogP contribution in [0.1, 0.15) is 12.5 Å². The molecule has 1 saturated heterocycles. The van der Waals surface area contributed by atoms with Gasteiger partial charge in [0.25, 0.3) is 0 Å². The molecular weight excluding hydrogens is 246 g/mol. The maximum Gasteiger partial charge on any atom is 0.184 e. The molecule has 3 rings (SSSR count). The van der Waals surface area contributed by atoms with Crippen LogP contribution >= 0.6 is 11.6 Å². The van der Waals surface area contributed by atoms with Crippen LogP contribution in [0.3, 0.4) is 0 Å². The molecule has 0 radical (unpaired) electrons. The van der Waals surface area contributed by atoms with E-state index in [4.69, 9.17) is 11.6 Å². The fourth-order valence-electron chi connectivity index (χ4n) is 2.41. The van der Waals surface area contributed by atoms with Gasteiger partial charge in [-0.3, -0.25) is 0 Å². The van der Waals surface area contributed by atoms with Crippen LogP contribution in [-0.4, -0.2) is 17.7 Å². The highest BCUT2D eigenvalue weighted by Crippen LogP contribution is 2.30. The molecule has 1 aromatic carbocycles. The first-order valence-electron chi connectivity index (χ1n) is 5.53. The summed E-state index contributed by atoms with van der Waals surface area (Å²) in [6.07, 6.45) is 2.72. The third-order valence-corrected chi connectivity index (χ3v) is 3.54. The predicted octanol–water partition coefficient (Wildman–Crippen LogP) is 3.11. The van der Waals surface area contributed by atoms with E-state index in [9.17, 15) is 8.78 Å². The lowest BCUT2D eigenvalue weighted by Crippen LogP contribution is -2.13. The van der Waals surface area contributed by atoms with Crippen molar-refractivity contribution in [2.24, 2.45) is 0 Å². The number of aromatic nitrogens is 1. The van der Waals surface area contributed by atoms with Gasteiger partial charge in [0.2, 0.25) is 0 Å². The van der Waals surface area contributed by atoms with Crippen LogP contribution in [0.5, 0.6) is 0 Å². The zero-order valence-corrected chi connectivity index (χ0v) is 9.77. The minimum absolute atomic E-state index is 0.169.